The highest BCUT2D eigenvalue weighted by atomic mass is 32.2. The van der Waals surface area contributed by atoms with Gasteiger partial charge in [-0.1, -0.05) is 78.4 Å². The molecule has 180 valence electrons. The Balaban J connectivity index is 1.37. The first-order valence-electron chi connectivity index (χ1n) is 11.7. The summed E-state index contributed by atoms with van der Waals surface area (Å²) >= 11 is 2.84. The smallest absolute Gasteiger partial charge is 0.266 e. The number of thioether (sulfide) groups is 1. The van der Waals surface area contributed by atoms with Gasteiger partial charge in [0.1, 0.15) is 12.4 Å². The third-order valence-electron chi connectivity index (χ3n) is 5.68. The van der Waals surface area contributed by atoms with Gasteiger partial charge in [-0.15, -0.1) is 11.3 Å². The lowest BCUT2D eigenvalue weighted by Crippen LogP contribution is -2.28. The summed E-state index contributed by atoms with van der Waals surface area (Å²) in [6.45, 7) is 5.01. The second-order valence-corrected chi connectivity index (χ2v) is 10.1. The van der Waals surface area contributed by atoms with Crippen LogP contribution in [-0.2, 0) is 11.4 Å². The van der Waals surface area contributed by atoms with Gasteiger partial charge in [-0.05, 0) is 43.3 Å². The zero-order chi connectivity index (χ0) is 24.9. The predicted molar refractivity (Wildman–Crippen MR) is 150 cm³/mol. The van der Waals surface area contributed by atoms with E-state index >= 15 is 0 Å². The quantitative estimate of drug-likeness (QED) is 0.244. The molecule has 1 fully saturated rings. The molecule has 5 nitrogen and oxygen atoms in total. The lowest BCUT2D eigenvalue weighted by atomic mass is 10.1. The number of amidine groups is 1. The molecule has 0 atom stereocenters. The van der Waals surface area contributed by atoms with Crippen LogP contribution in [0, 0.1) is 6.92 Å². The van der Waals surface area contributed by atoms with Crippen molar-refractivity contribution in [2.75, 3.05) is 6.54 Å². The molecule has 0 unspecified atom stereocenters. The third kappa shape index (κ3) is 5.42. The summed E-state index contributed by atoms with van der Waals surface area (Å²) in [6.07, 6.45) is 1.89. The number of benzene rings is 3. The number of amides is 1. The number of aliphatic imine (C=N–C) groups is 1. The normalized spacial score (nSPS) is 15.7. The topological polar surface area (TPSA) is 54.8 Å². The van der Waals surface area contributed by atoms with E-state index in [4.69, 9.17) is 9.73 Å². The molecule has 0 radical (unpaired) electrons. The summed E-state index contributed by atoms with van der Waals surface area (Å²) in [4.78, 5) is 24.9. The molecule has 0 spiro atoms. The van der Waals surface area contributed by atoms with Crippen molar-refractivity contribution in [1.82, 2.24) is 9.88 Å². The highest BCUT2D eigenvalue weighted by Crippen LogP contribution is 2.36. The van der Waals surface area contributed by atoms with E-state index in [0.29, 0.717) is 28.4 Å². The number of nitrogens with zero attached hydrogens (tertiary/aromatic N) is 3. The van der Waals surface area contributed by atoms with Gasteiger partial charge in [0.15, 0.2) is 5.17 Å². The maximum absolute atomic E-state index is 13.2. The lowest BCUT2D eigenvalue weighted by molar-refractivity contribution is -0.122. The Bertz CT molecular complexity index is 1430. The molecule has 0 N–H and O–H groups in total. The Morgan fingerprint density at radius 1 is 1.00 bits per heavy atom. The van der Waals surface area contributed by atoms with E-state index < -0.39 is 0 Å². The van der Waals surface area contributed by atoms with Gasteiger partial charge in [-0.3, -0.25) is 9.69 Å². The minimum Gasteiger partial charge on any atom is -0.488 e. The first-order valence-corrected chi connectivity index (χ1v) is 13.4. The minimum absolute atomic E-state index is 0.0607. The molecule has 7 heteroatoms. The molecule has 4 aromatic rings. The van der Waals surface area contributed by atoms with Gasteiger partial charge in [0.05, 0.1) is 10.6 Å². The first kappa shape index (κ1) is 24.0. The van der Waals surface area contributed by atoms with Crippen LogP contribution in [0.2, 0.25) is 0 Å². The standard InChI is InChI=1S/C29H25N3O2S2/c1-3-32-27(33)26(36-29(32)31-28-30-24(19-35-28)22-9-5-4-6-10-22)17-23-11-7-8-12-25(23)34-18-21-15-13-20(2)14-16-21/h4-17,19H,3,18H2,1-2H3/b26-17-,31-29+. The highest BCUT2D eigenvalue weighted by Gasteiger charge is 2.32. The Morgan fingerprint density at radius 3 is 2.53 bits per heavy atom. The van der Waals surface area contributed by atoms with Gasteiger partial charge in [0.25, 0.3) is 5.91 Å². The van der Waals surface area contributed by atoms with Crippen LogP contribution in [0.5, 0.6) is 5.75 Å². The number of rotatable bonds is 7. The number of hydrogen-bond acceptors (Lipinski definition) is 6. The molecule has 5 rings (SSSR count). The number of thiazole rings is 1. The Kier molecular flexibility index (Phi) is 7.30. The summed E-state index contributed by atoms with van der Waals surface area (Å²) in [7, 11) is 0. The second-order valence-electron chi connectivity index (χ2n) is 8.25. The zero-order valence-electron chi connectivity index (χ0n) is 20.0. The number of ether oxygens (including phenoxy) is 1. The fourth-order valence-electron chi connectivity index (χ4n) is 3.73. The minimum atomic E-state index is -0.0607. The van der Waals surface area contributed by atoms with Crippen molar-refractivity contribution in [2.45, 2.75) is 20.5 Å². The van der Waals surface area contributed by atoms with Gasteiger partial charge >= 0.3 is 0 Å². The Labute approximate surface area is 219 Å². The van der Waals surface area contributed by atoms with Crippen LogP contribution in [0.25, 0.3) is 17.3 Å². The van der Waals surface area contributed by atoms with Crippen molar-refractivity contribution in [3.05, 3.63) is 106 Å². The maximum Gasteiger partial charge on any atom is 0.266 e. The van der Waals surface area contributed by atoms with E-state index in [1.807, 2.05) is 73.0 Å². The summed E-state index contributed by atoms with van der Waals surface area (Å²) < 4.78 is 6.11. The predicted octanol–water partition coefficient (Wildman–Crippen LogP) is 7.32. The summed E-state index contributed by atoms with van der Waals surface area (Å²) in [5.41, 5.74) is 5.10. The molecule has 1 saturated heterocycles. The molecule has 1 aliphatic rings. The van der Waals surface area contributed by atoms with Crippen LogP contribution in [0.1, 0.15) is 23.6 Å². The van der Waals surface area contributed by atoms with E-state index in [2.05, 4.69) is 36.2 Å². The van der Waals surface area contributed by atoms with E-state index in [9.17, 15) is 4.79 Å². The van der Waals surface area contributed by atoms with Gasteiger partial charge in [0, 0.05) is 23.1 Å². The molecular formula is C29H25N3O2S2. The van der Waals surface area contributed by atoms with Crippen LogP contribution in [0.4, 0.5) is 5.13 Å². The second kappa shape index (κ2) is 10.9. The number of hydrogen-bond donors (Lipinski definition) is 0. The van der Waals surface area contributed by atoms with Gasteiger partial charge < -0.3 is 4.74 Å². The molecule has 1 aliphatic heterocycles. The van der Waals surface area contributed by atoms with Crippen LogP contribution < -0.4 is 4.74 Å². The average molecular weight is 512 g/mol. The van der Waals surface area contributed by atoms with Crippen molar-refractivity contribution in [1.29, 1.82) is 0 Å². The molecule has 0 saturated carbocycles. The summed E-state index contributed by atoms with van der Waals surface area (Å²) in [5.74, 6) is 0.675. The van der Waals surface area contributed by atoms with Gasteiger partial charge in [0.2, 0.25) is 5.13 Å². The number of aryl methyl sites for hydroxylation is 1. The van der Waals surface area contributed by atoms with Gasteiger partial charge in [-0.2, -0.15) is 4.99 Å². The van der Waals surface area contributed by atoms with E-state index in [1.54, 1.807) is 4.90 Å². The van der Waals surface area contributed by atoms with Crippen molar-refractivity contribution < 1.29 is 9.53 Å². The number of carbonyl (C=O) groups is 1. The Morgan fingerprint density at radius 2 is 1.75 bits per heavy atom. The van der Waals surface area contributed by atoms with E-state index in [-0.39, 0.29) is 5.91 Å². The van der Waals surface area contributed by atoms with Gasteiger partial charge in [-0.25, -0.2) is 4.98 Å². The summed E-state index contributed by atoms with van der Waals surface area (Å²) in [6, 6.07) is 26.1. The van der Waals surface area contributed by atoms with E-state index in [0.717, 1.165) is 28.1 Å². The van der Waals surface area contributed by atoms with Crippen molar-refractivity contribution in [2.24, 2.45) is 4.99 Å². The number of carbonyl (C=O) groups excluding carboxylic acids is 1. The van der Waals surface area contributed by atoms with Crippen molar-refractivity contribution in [3.8, 4) is 17.0 Å². The number of aromatic nitrogens is 1. The van der Waals surface area contributed by atoms with Crippen LogP contribution in [0.3, 0.4) is 0 Å². The first-order chi connectivity index (χ1) is 17.6. The molecule has 36 heavy (non-hydrogen) atoms. The Hall–Kier alpha value is -3.68. The summed E-state index contributed by atoms with van der Waals surface area (Å²) in [5, 5.41) is 3.26. The molecular weight excluding hydrogens is 486 g/mol. The van der Waals surface area contributed by atoms with Crippen molar-refractivity contribution in [3.63, 3.8) is 0 Å². The fourth-order valence-corrected chi connectivity index (χ4v) is 5.52. The molecule has 1 aromatic heterocycles. The van der Waals surface area contributed by atoms with Crippen LogP contribution in [0.15, 0.2) is 94.1 Å². The number of para-hydroxylation sites is 1. The highest BCUT2D eigenvalue weighted by molar-refractivity contribution is 8.18. The fraction of sp³-hybridized carbons (Fsp3) is 0.138. The molecule has 0 aliphatic carbocycles. The van der Waals surface area contributed by atoms with Crippen LogP contribution >= 0.6 is 23.1 Å². The third-order valence-corrected chi connectivity index (χ3v) is 7.42. The molecule has 1 amide bonds. The van der Waals surface area contributed by atoms with Crippen molar-refractivity contribution >= 4 is 45.4 Å². The monoisotopic (exact) mass is 511 g/mol. The maximum atomic E-state index is 13.2. The van der Waals surface area contributed by atoms with E-state index in [1.165, 1.54) is 28.7 Å². The zero-order valence-corrected chi connectivity index (χ0v) is 21.7. The largest absolute Gasteiger partial charge is 0.488 e. The number of likely N-dealkylation sites (N-methyl/N-ethyl adjacent to an activating group) is 1. The molecule has 2 heterocycles. The van der Waals surface area contributed by atoms with Crippen LogP contribution in [-0.4, -0.2) is 27.5 Å². The average Bonchev–Trinajstić information content (AvgIpc) is 3.49. The molecule has 0 bridgehead atoms. The molecule has 3 aromatic carbocycles. The SMILES string of the molecule is CCN1C(=O)/C(=C/c2ccccc2OCc2ccc(C)cc2)S/C1=N/c1nc(-c2ccccc2)cs1. The lowest BCUT2D eigenvalue weighted by Gasteiger charge is -2.11.